The molecule has 2 aromatic carbocycles. The second-order valence-electron chi connectivity index (χ2n) is 5.63. The Bertz CT molecular complexity index is 741. The molecule has 142 valence electrons. The highest BCUT2D eigenvalue weighted by molar-refractivity contribution is 5.89. The number of hydrogen-bond acceptors (Lipinski definition) is 5. The minimum Gasteiger partial charge on any atom is -0.489 e. The Morgan fingerprint density at radius 1 is 1.04 bits per heavy atom. The predicted molar refractivity (Wildman–Crippen MR) is 102 cm³/mol. The molecule has 2 rings (SSSR count). The Hall–Kier alpha value is -3.12. The van der Waals surface area contributed by atoms with Gasteiger partial charge in [-0.2, -0.15) is 0 Å². The van der Waals surface area contributed by atoms with Gasteiger partial charge in [-0.15, -0.1) is 0 Å². The smallest absolute Gasteiger partial charge is 0.331 e. The van der Waals surface area contributed by atoms with Gasteiger partial charge >= 0.3 is 5.97 Å². The summed E-state index contributed by atoms with van der Waals surface area (Å²) >= 11 is 0. The number of carbonyl (C=O) groups is 2. The molecular weight excluding hydrogens is 346 g/mol. The second kappa shape index (κ2) is 11.5. The van der Waals surface area contributed by atoms with E-state index in [1.807, 2.05) is 54.6 Å². The lowest BCUT2D eigenvalue weighted by molar-refractivity contribution is -0.143. The maximum Gasteiger partial charge on any atom is 0.331 e. The first-order valence-electron chi connectivity index (χ1n) is 8.54. The van der Waals surface area contributed by atoms with E-state index < -0.39 is 5.97 Å². The van der Waals surface area contributed by atoms with Crippen molar-refractivity contribution in [1.82, 2.24) is 5.32 Å². The fraction of sp³-hybridized carbons (Fsp3) is 0.238. The standard InChI is InChI=1S/C21H23NO5/c1-25-14-13-22-20(23)16-27-21(24)12-9-17-7-10-19(11-8-17)26-15-18-5-3-2-4-6-18/h2-12H,13-16H2,1H3,(H,22,23)/b12-9+. The molecule has 0 saturated carbocycles. The minimum atomic E-state index is -0.582. The van der Waals surface area contributed by atoms with Crippen LogP contribution in [0.25, 0.3) is 6.08 Å². The van der Waals surface area contributed by atoms with Gasteiger partial charge in [0.15, 0.2) is 6.61 Å². The Morgan fingerprint density at radius 3 is 2.48 bits per heavy atom. The summed E-state index contributed by atoms with van der Waals surface area (Å²) in [5.74, 6) is -0.207. The first kappa shape index (κ1) is 20.2. The maximum absolute atomic E-state index is 11.6. The van der Waals surface area contributed by atoms with Gasteiger partial charge < -0.3 is 19.5 Å². The van der Waals surface area contributed by atoms with Crippen molar-refractivity contribution in [2.75, 3.05) is 26.9 Å². The van der Waals surface area contributed by atoms with Gasteiger partial charge in [0.1, 0.15) is 12.4 Å². The van der Waals surface area contributed by atoms with Gasteiger partial charge in [-0.1, -0.05) is 42.5 Å². The van der Waals surface area contributed by atoms with Crippen LogP contribution in [0.15, 0.2) is 60.7 Å². The molecule has 6 nitrogen and oxygen atoms in total. The van der Waals surface area contributed by atoms with Crippen molar-refractivity contribution in [2.45, 2.75) is 6.61 Å². The van der Waals surface area contributed by atoms with Crippen molar-refractivity contribution in [3.05, 3.63) is 71.8 Å². The predicted octanol–water partition coefficient (Wildman–Crippen LogP) is 2.58. The van der Waals surface area contributed by atoms with Gasteiger partial charge in [-0.25, -0.2) is 4.79 Å². The summed E-state index contributed by atoms with van der Waals surface area (Å²) in [7, 11) is 1.54. The van der Waals surface area contributed by atoms with E-state index in [1.165, 1.54) is 6.08 Å². The lowest BCUT2D eigenvalue weighted by Gasteiger charge is -2.06. The molecule has 0 aromatic heterocycles. The Balaban J connectivity index is 1.73. The number of methoxy groups -OCH3 is 1. The zero-order valence-corrected chi connectivity index (χ0v) is 15.2. The average Bonchev–Trinajstić information content (AvgIpc) is 2.71. The summed E-state index contributed by atoms with van der Waals surface area (Å²) in [6.07, 6.45) is 2.90. The van der Waals surface area contributed by atoms with Gasteiger partial charge in [0.25, 0.3) is 5.91 Å². The minimum absolute atomic E-state index is 0.320. The van der Waals surface area contributed by atoms with Crippen molar-refractivity contribution in [2.24, 2.45) is 0 Å². The fourth-order valence-electron chi connectivity index (χ4n) is 2.11. The molecule has 0 aliphatic heterocycles. The number of carbonyl (C=O) groups excluding carboxylic acids is 2. The van der Waals surface area contributed by atoms with Gasteiger partial charge in [-0.05, 0) is 29.3 Å². The molecule has 0 atom stereocenters. The zero-order chi connectivity index (χ0) is 19.3. The van der Waals surface area contributed by atoms with Crippen LogP contribution in [0.5, 0.6) is 5.75 Å². The Morgan fingerprint density at radius 2 is 1.78 bits per heavy atom. The number of esters is 1. The first-order valence-corrected chi connectivity index (χ1v) is 8.54. The van der Waals surface area contributed by atoms with Crippen LogP contribution >= 0.6 is 0 Å². The molecule has 0 radical (unpaired) electrons. The molecule has 6 heteroatoms. The second-order valence-corrected chi connectivity index (χ2v) is 5.63. The molecule has 0 aliphatic rings. The first-order chi connectivity index (χ1) is 13.2. The SMILES string of the molecule is COCCNC(=O)COC(=O)/C=C/c1ccc(OCc2ccccc2)cc1. The summed E-state index contributed by atoms with van der Waals surface area (Å²) in [5, 5.41) is 2.56. The molecule has 0 spiro atoms. The summed E-state index contributed by atoms with van der Waals surface area (Å²) in [6.45, 7) is 0.958. The third-order valence-corrected chi connectivity index (χ3v) is 3.51. The van der Waals surface area contributed by atoms with Gasteiger partial charge in [0.2, 0.25) is 0 Å². The number of ether oxygens (including phenoxy) is 3. The van der Waals surface area contributed by atoms with Gasteiger partial charge in [-0.3, -0.25) is 4.79 Å². The number of amides is 1. The highest BCUT2D eigenvalue weighted by atomic mass is 16.5. The number of benzene rings is 2. The lowest BCUT2D eigenvalue weighted by atomic mass is 10.2. The maximum atomic E-state index is 11.6. The zero-order valence-electron chi connectivity index (χ0n) is 15.2. The average molecular weight is 369 g/mol. The Kier molecular flexibility index (Phi) is 8.59. The van der Waals surface area contributed by atoms with Crippen LogP contribution in [0.4, 0.5) is 0 Å². The summed E-state index contributed by atoms with van der Waals surface area (Å²) in [6, 6.07) is 17.2. The monoisotopic (exact) mass is 369 g/mol. The van der Waals surface area contributed by atoms with Crippen LogP contribution < -0.4 is 10.1 Å². The Labute approximate surface area is 158 Å². The van der Waals surface area contributed by atoms with Crippen molar-refractivity contribution in [3.63, 3.8) is 0 Å². The summed E-state index contributed by atoms with van der Waals surface area (Å²) in [5.41, 5.74) is 1.92. The van der Waals surface area contributed by atoms with Crippen molar-refractivity contribution in [3.8, 4) is 5.75 Å². The molecule has 0 saturated heterocycles. The lowest BCUT2D eigenvalue weighted by Crippen LogP contribution is -2.31. The molecule has 0 heterocycles. The molecule has 0 aliphatic carbocycles. The van der Waals surface area contributed by atoms with Crippen LogP contribution in [0.2, 0.25) is 0 Å². The van der Waals surface area contributed by atoms with Crippen molar-refractivity contribution in [1.29, 1.82) is 0 Å². The normalized spacial score (nSPS) is 10.6. The van der Waals surface area contributed by atoms with E-state index in [0.29, 0.717) is 19.8 Å². The highest BCUT2D eigenvalue weighted by Gasteiger charge is 2.04. The van der Waals surface area contributed by atoms with E-state index in [2.05, 4.69) is 5.32 Å². The molecule has 1 amide bonds. The van der Waals surface area contributed by atoms with E-state index in [0.717, 1.165) is 16.9 Å². The molecule has 27 heavy (non-hydrogen) atoms. The number of nitrogens with one attached hydrogen (secondary N) is 1. The molecule has 0 fully saturated rings. The van der Waals surface area contributed by atoms with Gasteiger partial charge in [0, 0.05) is 19.7 Å². The fourth-order valence-corrected chi connectivity index (χ4v) is 2.11. The highest BCUT2D eigenvalue weighted by Crippen LogP contribution is 2.15. The van der Waals surface area contributed by atoms with E-state index in [-0.39, 0.29) is 12.5 Å². The molecular formula is C21H23NO5. The van der Waals surface area contributed by atoms with Crippen molar-refractivity contribution < 1.29 is 23.8 Å². The van der Waals surface area contributed by atoms with Crippen LogP contribution in [-0.2, 0) is 25.7 Å². The third kappa shape index (κ3) is 8.20. The topological polar surface area (TPSA) is 73.9 Å². The van der Waals surface area contributed by atoms with Crippen LogP contribution in [-0.4, -0.2) is 38.7 Å². The van der Waals surface area contributed by atoms with Crippen LogP contribution in [0.1, 0.15) is 11.1 Å². The van der Waals surface area contributed by atoms with Crippen molar-refractivity contribution >= 4 is 18.0 Å². The number of hydrogen-bond donors (Lipinski definition) is 1. The molecule has 1 N–H and O–H groups in total. The van der Waals surface area contributed by atoms with E-state index in [4.69, 9.17) is 14.2 Å². The van der Waals surface area contributed by atoms with E-state index in [1.54, 1.807) is 13.2 Å². The molecule has 2 aromatic rings. The summed E-state index contributed by atoms with van der Waals surface area (Å²) < 4.78 is 15.4. The molecule has 0 unspecified atom stereocenters. The van der Waals surface area contributed by atoms with Gasteiger partial charge in [0.05, 0.1) is 6.61 Å². The van der Waals surface area contributed by atoms with E-state index >= 15 is 0 Å². The quantitative estimate of drug-likeness (QED) is 0.396. The largest absolute Gasteiger partial charge is 0.489 e. The van der Waals surface area contributed by atoms with Crippen LogP contribution in [0.3, 0.4) is 0 Å². The molecule has 0 bridgehead atoms. The summed E-state index contributed by atoms with van der Waals surface area (Å²) in [4.78, 5) is 23.1. The van der Waals surface area contributed by atoms with E-state index in [9.17, 15) is 9.59 Å². The van der Waals surface area contributed by atoms with Crippen LogP contribution in [0, 0.1) is 0 Å². The third-order valence-electron chi connectivity index (χ3n) is 3.51. The number of rotatable bonds is 10.